The van der Waals surface area contributed by atoms with Gasteiger partial charge < -0.3 is 5.32 Å². The van der Waals surface area contributed by atoms with Gasteiger partial charge in [-0.15, -0.1) is 0 Å². The molecule has 0 aliphatic heterocycles. The zero-order valence-corrected chi connectivity index (χ0v) is 9.12. The molecule has 15 heavy (non-hydrogen) atoms. The quantitative estimate of drug-likeness (QED) is 0.841. The van der Waals surface area contributed by atoms with Crippen LogP contribution in [-0.4, -0.2) is 12.7 Å². The van der Waals surface area contributed by atoms with Crippen molar-refractivity contribution >= 4 is 15.9 Å². The lowest BCUT2D eigenvalue weighted by molar-refractivity contribution is -0.125. The number of hydrogen-bond acceptors (Lipinski definition) is 1. The van der Waals surface area contributed by atoms with Crippen molar-refractivity contribution in [3.05, 3.63) is 34.1 Å². The fourth-order valence-electron chi connectivity index (χ4n) is 1.03. The average Bonchev–Trinajstić information content (AvgIpc) is 2.08. The molecule has 0 aromatic heterocycles. The fourth-order valence-corrected chi connectivity index (χ4v) is 1.51. The molecule has 0 radical (unpaired) electrons. The molecule has 1 N–H and O–H groups in total. The fraction of sp³-hybridized carbons (Fsp3) is 0.333. The van der Waals surface area contributed by atoms with Crippen molar-refractivity contribution < 1.29 is 17.6 Å². The molecular weight excluding hydrogens is 278 g/mol. The average molecular weight is 286 g/mol. The molecular formula is C9H8BrF4N. The van der Waals surface area contributed by atoms with Gasteiger partial charge in [0.1, 0.15) is 5.82 Å². The van der Waals surface area contributed by atoms with Gasteiger partial charge in [0.25, 0.3) is 0 Å². The summed E-state index contributed by atoms with van der Waals surface area (Å²) in [6, 6.07) is 4.26. The van der Waals surface area contributed by atoms with Crippen LogP contribution >= 0.6 is 15.9 Å². The van der Waals surface area contributed by atoms with Gasteiger partial charge in [-0.3, -0.25) is 0 Å². The molecule has 84 valence electrons. The van der Waals surface area contributed by atoms with Gasteiger partial charge in [0, 0.05) is 16.6 Å². The van der Waals surface area contributed by atoms with E-state index in [0.717, 1.165) is 0 Å². The summed E-state index contributed by atoms with van der Waals surface area (Å²) >= 11 is 3.07. The number of rotatable bonds is 3. The summed E-state index contributed by atoms with van der Waals surface area (Å²) in [6.07, 6.45) is -4.28. The van der Waals surface area contributed by atoms with Crippen molar-refractivity contribution in [1.29, 1.82) is 0 Å². The van der Waals surface area contributed by atoms with Gasteiger partial charge in [-0.05, 0) is 12.1 Å². The lowest BCUT2D eigenvalue weighted by Crippen LogP contribution is -2.28. The second-order valence-corrected chi connectivity index (χ2v) is 3.77. The van der Waals surface area contributed by atoms with E-state index in [4.69, 9.17) is 0 Å². The summed E-state index contributed by atoms with van der Waals surface area (Å²) in [5.74, 6) is -0.529. The zero-order chi connectivity index (χ0) is 11.5. The van der Waals surface area contributed by atoms with E-state index in [2.05, 4.69) is 21.2 Å². The van der Waals surface area contributed by atoms with Gasteiger partial charge in [-0.25, -0.2) is 4.39 Å². The van der Waals surface area contributed by atoms with Crippen LogP contribution in [0.3, 0.4) is 0 Å². The topological polar surface area (TPSA) is 12.0 Å². The van der Waals surface area contributed by atoms with Gasteiger partial charge in [0.05, 0.1) is 6.54 Å². The minimum absolute atomic E-state index is 0.160. The maximum Gasteiger partial charge on any atom is 0.401 e. The van der Waals surface area contributed by atoms with Crippen molar-refractivity contribution in [3.8, 4) is 0 Å². The normalized spacial score (nSPS) is 11.8. The van der Waals surface area contributed by atoms with Crippen molar-refractivity contribution in [2.45, 2.75) is 12.7 Å². The summed E-state index contributed by atoms with van der Waals surface area (Å²) in [7, 11) is 0. The Hall–Kier alpha value is -0.620. The smallest absolute Gasteiger partial charge is 0.304 e. The molecule has 0 spiro atoms. The van der Waals surface area contributed by atoms with Crippen LogP contribution in [0.15, 0.2) is 22.7 Å². The molecule has 0 unspecified atom stereocenters. The van der Waals surface area contributed by atoms with Crippen molar-refractivity contribution in [1.82, 2.24) is 5.32 Å². The molecule has 0 fully saturated rings. The molecule has 0 heterocycles. The van der Waals surface area contributed by atoms with Crippen LogP contribution in [0, 0.1) is 5.82 Å². The molecule has 0 saturated carbocycles. The zero-order valence-electron chi connectivity index (χ0n) is 7.54. The van der Waals surface area contributed by atoms with Crippen LogP contribution in [0.1, 0.15) is 5.56 Å². The summed E-state index contributed by atoms with van der Waals surface area (Å²) < 4.78 is 48.9. The number of alkyl halides is 3. The first kappa shape index (κ1) is 12.4. The Balaban J connectivity index is 2.58. The summed E-state index contributed by atoms with van der Waals surface area (Å²) in [5, 5.41) is 2.13. The highest BCUT2D eigenvalue weighted by atomic mass is 79.9. The molecule has 0 saturated heterocycles. The molecule has 0 bridgehead atoms. The Bertz CT molecular complexity index is 317. The van der Waals surface area contributed by atoms with E-state index < -0.39 is 18.5 Å². The maximum absolute atomic E-state index is 13.1. The van der Waals surface area contributed by atoms with Gasteiger partial charge in [-0.1, -0.05) is 22.0 Å². The Labute approximate surface area is 92.6 Å². The van der Waals surface area contributed by atoms with E-state index in [1.54, 1.807) is 6.07 Å². The largest absolute Gasteiger partial charge is 0.401 e. The Morgan fingerprint density at radius 2 is 1.93 bits per heavy atom. The second-order valence-electron chi connectivity index (χ2n) is 2.92. The van der Waals surface area contributed by atoms with Gasteiger partial charge in [0.15, 0.2) is 0 Å². The lowest BCUT2D eigenvalue weighted by atomic mass is 10.2. The minimum atomic E-state index is -4.28. The Morgan fingerprint density at radius 3 is 2.47 bits per heavy atom. The highest BCUT2D eigenvalue weighted by Crippen LogP contribution is 2.20. The van der Waals surface area contributed by atoms with Crippen LogP contribution in [0.2, 0.25) is 0 Å². The van der Waals surface area contributed by atoms with Gasteiger partial charge >= 0.3 is 6.18 Å². The lowest BCUT2D eigenvalue weighted by Gasteiger charge is -2.09. The first-order valence-corrected chi connectivity index (χ1v) is 4.90. The summed E-state index contributed by atoms with van der Waals surface area (Å²) in [4.78, 5) is 0. The number of nitrogens with one attached hydrogen (secondary N) is 1. The van der Waals surface area contributed by atoms with Crippen molar-refractivity contribution in [2.75, 3.05) is 6.54 Å². The Morgan fingerprint density at radius 1 is 1.27 bits per heavy atom. The predicted octanol–water partition coefficient (Wildman–Crippen LogP) is 3.24. The van der Waals surface area contributed by atoms with E-state index in [0.29, 0.717) is 4.47 Å². The van der Waals surface area contributed by atoms with E-state index in [1.165, 1.54) is 12.1 Å². The van der Waals surface area contributed by atoms with Crippen molar-refractivity contribution in [2.24, 2.45) is 0 Å². The molecule has 0 atom stereocenters. The SMILES string of the molecule is Fc1cccc(Br)c1CNCC(F)(F)F. The molecule has 6 heteroatoms. The molecule has 0 amide bonds. The first-order valence-electron chi connectivity index (χ1n) is 4.10. The Kier molecular flexibility index (Phi) is 4.10. The third kappa shape index (κ3) is 4.17. The van der Waals surface area contributed by atoms with E-state index in [-0.39, 0.29) is 12.1 Å². The monoisotopic (exact) mass is 285 g/mol. The number of hydrogen-bond donors (Lipinski definition) is 1. The van der Waals surface area contributed by atoms with Crippen LogP contribution in [0.5, 0.6) is 0 Å². The van der Waals surface area contributed by atoms with Crippen LogP contribution in [-0.2, 0) is 6.54 Å². The van der Waals surface area contributed by atoms with E-state index >= 15 is 0 Å². The van der Waals surface area contributed by atoms with Gasteiger partial charge in [-0.2, -0.15) is 13.2 Å². The van der Waals surface area contributed by atoms with E-state index in [1.807, 2.05) is 0 Å². The number of halogens is 5. The minimum Gasteiger partial charge on any atom is -0.304 e. The predicted molar refractivity (Wildman–Crippen MR) is 51.9 cm³/mol. The van der Waals surface area contributed by atoms with Crippen molar-refractivity contribution in [3.63, 3.8) is 0 Å². The number of benzene rings is 1. The summed E-state index contributed by atoms with van der Waals surface area (Å²) in [6.45, 7) is -1.29. The van der Waals surface area contributed by atoms with Crippen LogP contribution in [0.25, 0.3) is 0 Å². The maximum atomic E-state index is 13.1. The van der Waals surface area contributed by atoms with Crippen LogP contribution < -0.4 is 5.32 Å². The summed E-state index contributed by atoms with van der Waals surface area (Å²) in [5.41, 5.74) is 0.196. The molecule has 1 aromatic rings. The third-order valence-corrected chi connectivity index (χ3v) is 2.43. The first-order chi connectivity index (χ1) is 6.90. The molecule has 0 aliphatic carbocycles. The second kappa shape index (κ2) is 4.94. The van der Waals surface area contributed by atoms with E-state index in [9.17, 15) is 17.6 Å². The van der Waals surface area contributed by atoms with Gasteiger partial charge in [0.2, 0.25) is 0 Å². The molecule has 0 aliphatic rings. The van der Waals surface area contributed by atoms with Crippen LogP contribution in [0.4, 0.5) is 17.6 Å². The highest BCUT2D eigenvalue weighted by molar-refractivity contribution is 9.10. The molecule has 1 aromatic carbocycles. The highest BCUT2D eigenvalue weighted by Gasteiger charge is 2.26. The third-order valence-electron chi connectivity index (χ3n) is 1.69. The molecule has 1 rings (SSSR count). The molecule has 1 nitrogen and oxygen atoms in total. The standard InChI is InChI=1S/C9H8BrF4N/c10-7-2-1-3-8(11)6(7)4-15-5-9(12,13)14/h1-3,15H,4-5H2.